The van der Waals surface area contributed by atoms with E-state index >= 15 is 0 Å². The zero-order valence-electron chi connectivity index (χ0n) is 23.7. The lowest BCUT2D eigenvalue weighted by molar-refractivity contribution is 0.604. The summed E-state index contributed by atoms with van der Waals surface area (Å²) in [7, 11) is 0. The molecule has 2 heterocycles. The summed E-state index contributed by atoms with van der Waals surface area (Å²) in [5.41, 5.74) is 8.47. The van der Waals surface area contributed by atoms with Gasteiger partial charge < -0.3 is 13.9 Å². The second kappa shape index (κ2) is 10.4. The molecular formula is C38H26N4O. The fraction of sp³-hybridized carbons (Fsp3) is 0.0526. The number of nitriles is 2. The highest BCUT2D eigenvalue weighted by Gasteiger charge is 2.22. The second-order valence-corrected chi connectivity index (χ2v) is 10.4. The third-order valence-corrected chi connectivity index (χ3v) is 7.96. The number of hydrogen-bond donors (Lipinski definition) is 0. The summed E-state index contributed by atoms with van der Waals surface area (Å²) >= 11 is 0. The SMILES string of the molecule is C/C=C\c1oc2c(ccc3c2c2cc(N(c4ccccc4)c4ccccc4)ccc2n3-c2ccc(C#N)c(C#N)c2)c1C. The Morgan fingerprint density at radius 2 is 1.37 bits per heavy atom. The van der Waals surface area contributed by atoms with Gasteiger partial charge in [0.15, 0.2) is 0 Å². The number of hydrogen-bond acceptors (Lipinski definition) is 4. The van der Waals surface area contributed by atoms with E-state index in [1.807, 2.05) is 61.5 Å². The minimum atomic E-state index is 0.344. The van der Waals surface area contributed by atoms with Gasteiger partial charge in [0.1, 0.15) is 23.5 Å². The lowest BCUT2D eigenvalue weighted by Crippen LogP contribution is -2.09. The number of nitrogens with zero attached hydrogens (tertiary/aromatic N) is 4. The number of furan rings is 1. The van der Waals surface area contributed by atoms with Crippen LogP contribution in [-0.4, -0.2) is 4.57 Å². The van der Waals surface area contributed by atoms with Crippen molar-refractivity contribution >= 4 is 55.9 Å². The van der Waals surface area contributed by atoms with Crippen molar-refractivity contribution < 1.29 is 4.42 Å². The van der Waals surface area contributed by atoms with E-state index in [0.29, 0.717) is 11.1 Å². The van der Waals surface area contributed by atoms with Crippen LogP contribution in [0.5, 0.6) is 0 Å². The van der Waals surface area contributed by atoms with E-state index in [2.05, 4.69) is 83.1 Å². The van der Waals surface area contributed by atoms with E-state index < -0.39 is 0 Å². The molecule has 5 aromatic carbocycles. The van der Waals surface area contributed by atoms with Crippen LogP contribution < -0.4 is 4.90 Å². The van der Waals surface area contributed by atoms with Crippen LogP contribution in [0.4, 0.5) is 17.1 Å². The molecular weight excluding hydrogens is 528 g/mol. The number of aryl methyl sites for hydroxylation is 1. The Labute approximate surface area is 249 Å². The standard InChI is InChI=1S/C38H26N4O/c1-3-10-36-25(2)32-18-20-35-37(38(32)43-36)33-22-31(41(28-11-6-4-7-12-28)29-13-8-5-9-14-29)17-19-34(33)42(35)30-16-15-26(23-39)27(21-30)24-40/h3-22H,1-2H3/b10-3-. The van der Waals surface area contributed by atoms with Crippen molar-refractivity contribution in [2.24, 2.45) is 0 Å². The van der Waals surface area contributed by atoms with E-state index in [-0.39, 0.29) is 0 Å². The predicted octanol–water partition coefficient (Wildman–Crippen LogP) is 10.1. The smallest absolute Gasteiger partial charge is 0.145 e. The van der Waals surface area contributed by atoms with Crippen LogP contribution in [0.15, 0.2) is 120 Å². The molecule has 0 radical (unpaired) electrons. The Morgan fingerprint density at radius 3 is 2.02 bits per heavy atom. The maximum absolute atomic E-state index is 9.80. The lowest BCUT2D eigenvalue weighted by atomic mass is 10.1. The summed E-state index contributed by atoms with van der Waals surface area (Å²) in [6, 6.07) is 41.1. The van der Waals surface area contributed by atoms with E-state index in [0.717, 1.165) is 66.8 Å². The topological polar surface area (TPSA) is 68.9 Å². The molecule has 2 aromatic heterocycles. The van der Waals surface area contributed by atoms with Crippen molar-refractivity contribution in [2.75, 3.05) is 4.90 Å². The fourth-order valence-electron chi connectivity index (χ4n) is 5.98. The Bertz CT molecular complexity index is 2240. The first-order chi connectivity index (χ1) is 21.1. The van der Waals surface area contributed by atoms with Crippen LogP contribution in [0.1, 0.15) is 29.4 Å². The van der Waals surface area contributed by atoms with Crippen LogP contribution in [-0.2, 0) is 0 Å². The van der Waals surface area contributed by atoms with Gasteiger partial charge in [-0.1, -0.05) is 42.5 Å². The number of fused-ring (bicyclic) bond motifs is 5. The number of allylic oxidation sites excluding steroid dienone is 1. The molecule has 0 fully saturated rings. The van der Waals surface area contributed by atoms with Gasteiger partial charge in [-0.3, -0.25) is 0 Å². The molecule has 0 N–H and O–H groups in total. The quantitative estimate of drug-likeness (QED) is 0.212. The number of rotatable bonds is 5. The zero-order chi connectivity index (χ0) is 29.5. The van der Waals surface area contributed by atoms with Crippen molar-refractivity contribution in [1.82, 2.24) is 4.57 Å². The Kier molecular flexibility index (Phi) is 6.27. The summed E-state index contributed by atoms with van der Waals surface area (Å²) < 4.78 is 8.70. The molecule has 0 saturated carbocycles. The molecule has 204 valence electrons. The Hall–Kier alpha value is -6.04. The van der Waals surface area contributed by atoms with Crippen LogP contribution in [0.2, 0.25) is 0 Å². The summed E-state index contributed by atoms with van der Waals surface area (Å²) in [4.78, 5) is 2.25. The molecule has 0 aliphatic rings. The van der Waals surface area contributed by atoms with E-state index in [1.165, 1.54) is 0 Å². The predicted molar refractivity (Wildman–Crippen MR) is 174 cm³/mol. The monoisotopic (exact) mass is 554 g/mol. The van der Waals surface area contributed by atoms with E-state index in [9.17, 15) is 10.5 Å². The first-order valence-electron chi connectivity index (χ1n) is 14.1. The molecule has 7 rings (SSSR count). The minimum absolute atomic E-state index is 0.344. The van der Waals surface area contributed by atoms with Crippen LogP contribution in [0, 0.1) is 29.6 Å². The van der Waals surface area contributed by atoms with Crippen LogP contribution in [0.3, 0.4) is 0 Å². The highest BCUT2D eigenvalue weighted by atomic mass is 16.3. The minimum Gasteiger partial charge on any atom is -0.456 e. The summed E-state index contributed by atoms with van der Waals surface area (Å²) in [5, 5.41) is 22.4. The maximum atomic E-state index is 9.80. The molecule has 0 aliphatic carbocycles. The first-order valence-corrected chi connectivity index (χ1v) is 14.1. The van der Waals surface area contributed by atoms with E-state index in [1.54, 1.807) is 12.1 Å². The Morgan fingerprint density at radius 1 is 0.698 bits per heavy atom. The summed E-state index contributed by atoms with van der Waals surface area (Å²) in [5.74, 6) is 0.836. The molecule has 0 aliphatic heterocycles. The normalized spacial score (nSPS) is 11.3. The van der Waals surface area contributed by atoms with E-state index in [4.69, 9.17) is 4.42 Å². The molecule has 0 spiro atoms. The highest BCUT2D eigenvalue weighted by Crippen LogP contribution is 2.43. The fourth-order valence-corrected chi connectivity index (χ4v) is 5.98. The van der Waals surface area contributed by atoms with Gasteiger partial charge in [0, 0.05) is 39.1 Å². The molecule has 7 aromatic rings. The van der Waals surface area contributed by atoms with Gasteiger partial charge >= 0.3 is 0 Å². The molecule has 5 heteroatoms. The van der Waals surface area contributed by atoms with Gasteiger partial charge in [-0.25, -0.2) is 0 Å². The number of benzene rings is 5. The molecule has 0 unspecified atom stereocenters. The van der Waals surface area contributed by atoms with Crippen molar-refractivity contribution in [3.8, 4) is 17.8 Å². The molecule has 43 heavy (non-hydrogen) atoms. The number of aromatic nitrogens is 1. The Balaban J connectivity index is 1.59. The largest absolute Gasteiger partial charge is 0.456 e. The average molecular weight is 555 g/mol. The third kappa shape index (κ3) is 4.15. The number of para-hydroxylation sites is 2. The summed E-state index contributed by atoms with van der Waals surface area (Å²) in [6.07, 6.45) is 3.99. The summed E-state index contributed by atoms with van der Waals surface area (Å²) in [6.45, 7) is 4.07. The van der Waals surface area contributed by atoms with Gasteiger partial charge in [0.25, 0.3) is 0 Å². The first kappa shape index (κ1) is 25.9. The van der Waals surface area contributed by atoms with Crippen molar-refractivity contribution in [2.45, 2.75) is 13.8 Å². The van der Waals surface area contributed by atoms with Crippen molar-refractivity contribution in [3.05, 3.63) is 138 Å². The molecule has 5 nitrogen and oxygen atoms in total. The highest BCUT2D eigenvalue weighted by molar-refractivity contribution is 6.21. The molecule has 0 amide bonds. The average Bonchev–Trinajstić information content (AvgIpc) is 3.55. The molecule has 0 atom stereocenters. The van der Waals surface area contributed by atoms with Gasteiger partial charge in [-0.05, 0) is 92.7 Å². The third-order valence-electron chi connectivity index (χ3n) is 7.96. The van der Waals surface area contributed by atoms with Gasteiger partial charge in [0.2, 0.25) is 0 Å². The number of anilines is 3. The van der Waals surface area contributed by atoms with Crippen LogP contribution >= 0.6 is 0 Å². The van der Waals surface area contributed by atoms with Crippen molar-refractivity contribution in [1.29, 1.82) is 10.5 Å². The molecule has 0 bridgehead atoms. The lowest BCUT2D eigenvalue weighted by Gasteiger charge is -2.25. The zero-order valence-corrected chi connectivity index (χ0v) is 23.7. The molecule has 0 saturated heterocycles. The van der Waals surface area contributed by atoms with Gasteiger partial charge in [0.05, 0.1) is 27.5 Å². The van der Waals surface area contributed by atoms with Gasteiger partial charge in [-0.15, -0.1) is 0 Å². The van der Waals surface area contributed by atoms with Gasteiger partial charge in [-0.2, -0.15) is 10.5 Å². The second-order valence-electron chi connectivity index (χ2n) is 10.4. The van der Waals surface area contributed by atoms with Crippen LogP contribution in [0.25, 0.3) is 44.5 Å². The maximum Gasteiger partial charge on any atom is 0.145 e. The van der Waals surface area contributed by atoms with Crippen molar-refractivity contribution in [3.63, 3.8) is 0 Å².